The van der Waals surface area contributed by atoms with Gasteiger partial charge in [0.05, 0.1) is 18.8 Å². The molecule has 0 aliphatic heterocycles. The minimum atomic E-state index is -0.318. The zero-order valence-corrected chi connectivity index (χ0v) is 11.5. The predicted molar refractivity (Wildman–Crippen MR) is 77.4 cm³/mol. The number of ether oxygens (including phenoxy) is 2. The van der Waals surface area contributed by atoms with Crippen molar-refractivity contribution >= 4 is 5.97 Å². The molecule has 1 atom stereocenters. The third-order valence-electron chi connectivity index (χ3n) is 2.78. The number of carbonyl (C=O) groups is 1. The highest BCUT2D eigenvalue weighted by Gasteiger charge is 2.11. The summed E-state index contributed by atoms with van der Waals surface area (Å²) in [4.78, 5) is 11.8. The first-order chi connectivity index (χ1) is 9.75. The lowest BCUT2D eigenvalue weighted by atomic mass is 10.2. The van der Waals surface area contributed by atoms with Crippen LogP contribution in [0.25, 0.3) is 0 Å². The van der Waals surface area contributed by atoms with Crippen molar-refractivity contribution in [1.29, 1.82) is 0 Å². The van der Waals surface area contributed by atoms with Gasteiger partial charge in [0.2, 0.25) is 0 Å². The molecule has 0 amide bonds. The van der Waals surface area contributed by atoms with Crippen LogP contribution in [0.3, 0.4) is 0 Å². The van der Waals surface area contributed by atoms with Crippen molar-refractivity contribution in [1.82, 2.24) is 0 Å². The van der Waals surface area contributed by atoms with Crippen LogP contribution in [0.5, 0.6) is 0 Å². The molecule has 0 saturated heterocycles. The maximum absolute atomic E-state index is 11.8. The second kappa shape index (κ2) is 7.46. The molecule has 0 fully saturated rings. The lowest BCUT2D eigenvalue weighted by Gasteiger charge is -2.13. The summed E-state index contributed by atoms with van der Waals surface area (Å²) in [5.74, 6) is -0.318. The maximum atomic E-state index is 11.8. The lowest BCUT2D eigenvalue weighted by Crippen LogP contribution is -2.20. The molecule has 104 valence electrons. The molecule has 1 unspecified atom stereocenters. The second-order valence-corrected chi connectivity index (χ2v) is 4.58. The van der Waals surface area contributed by atoms with Gasteiger partial charge in [-0.3, -0.25) is 0 Å². The normalized spacial score (nSPS) is 11.8. The lowest BCUT2D eigenvalue weighted by molar-refractivity contribution is -0.00166. The van der Waals surface area contributed by atoms with Crippen molar-refractivity contribution in [3.8, 4) is 0 Å². The largest absolute Gasteiger partial charge is 0.457 e. The van der Waals surface area contributed by atoms with Crippen LogP contribution in [0.4, 0.5) is 0 Å². The third kappa shape index (κ3) is 4.52. The van der Waals surface area contributed by atoms with Crippen molar-refractivity contribution < 1.29 is 14.3 Å². The van der Waals surface area contributed by atoms with Crippen molar-refractivity contribution in [3.05, 3.63) is 71.8 Å². The van der Waals surface area contributed by atoms with Crippen molar-refractivity contribution in [2.24, 2.45) is 0 Å². The Morgan fingerprint density at radius 3 is 2.25 bits per heavy atom. The molecule has 0 aromatic heterocycles. The van der Waals surface area contributed by atoms with E-state index in [4.69, 9.17) is 9.47 Å². The van der Waals surface area contributed by atoms with Gasteiger partial charge in [-0.05, 0) is 24.6 Å². The number of hydrogen-bond acceptors (Lipinski definition) is 3. The van der Waals surface area contributed by atoms with Crippen LogP contribution in [-0.4, -0.2) is 18.7 Å². The van der Waals surface area contributed by atoms with E-state index >= 15 is 0 Å². The Bertz CT molecular complexity index is 522. The number of benzene rings is 2. The van der Waals surface area contributed by atoms with Crippen molar-refractivity contribution in [2.45, 2.75) is 19.6 Å². The van der Waals surface area contributed by atoms with E-state index in [1.807, 2.05) is 55.5 Å². The summed E-state index contributed by atoms with van der Waals surface area (Å²) in [5, 5.41) is 0. The summed E-state index contributed by atoms with van der Waals surface area (Å²) >= 11 is 0. The topological polar surface area (TPSA) is 35.5 Å². The molecule has 0 aliphatic carbocycles. The first-order valence-electron chi connectivity index (χ1n) is 6.63. The Balaban J connectivity index is 1.73. The zero-order chi connectivity index (χ0) is 14.2. The number of esters is 1. The fourth-order valence-corrected chi connectivity index (χ4v) is 1.78. The van der Waals surface area contributed by atoms with E-state index in [0.717, 1.165) is 5.56 Å². The minimum Gasteiger partial charge on any atom is -0.457 e. The average molecular weight is 270 g/mol. The van der Waals surface area contributed by atoms with Crippen LogP contribution >= 0.6 is 0 Å². The first-order valence-corrected chi connectivity index (χ1v) is 6.63. The Kier molecular flexibility index (Phi) is 5.33. The van der Waals surface area contributed by atoms with E-state index in [9.17, 15) is 4.79 Å². The molecule has 2 rings (SSSR count). The van der Waals surface area contributed by atoms with Crippen LogP contribution in [0.1, 0.15) is 22.8 Å². The standard InChI is InChI=1S/C17H18O3/c1-14(12-19-13-15-8-4-2-5-9-15)20-17(18)16-10-6-3-7-11-16/h2-11,14H,12-13H2,1H3. The first kappa shape index (κ1) is 14.3. The molecule has 0 aliphatic rings. The molecule has 0 spiro atoms. The molecule has 0 bridgehead atoms. The van der Waals surface area contributed by atoms with E-state index in [0.29, 0.717) is 18.8 Å². The van der Waals surface area contributed by atoms with Gasteiger partial charge >= 0.3 is 5.97 Å². The third-order valence-corrected chi connectivity index (χ3v) is 2.78. The van der Waals surface area contributed by atoms with Crippen LogP contribution in [0.2, 0.25) is 0 Å². The molecule has 0 heterocycles. The van der Waals surface area contributed by atoms with Crippen LogP contribution in [0.15, 0.2) is 60.7 Å². The van der Waals surface area contributed by atoms with Gasteiger partial charge < -0.3 is 9.47 Å². The Morgan fingerprint density at radius 1 is 1.00 bits per heavy atom. The maximum Gasteiger partial charge on any atom is 0.338 e. The molecule has 20 heavy (non-hydrogen) atoms. The van der Waals surface area contributed by atoms with Gasteiger partial charge in [-0.1, -0.05) is 48.5 Å². The van der Waals surface area contributed by atoms with E-state index in [1.165, 1.54) is 0 Å². The molecule has 2 aromatic rings. The van der Waals surface area contributed by atoms with Crippen LogP contribution in [-0.2, 0) is 16.1 Å². The van der Waals surface area contributed by atoms with E-state index in [1.54, 1.807) is 12.1 Å². The highest BCUT2D eigenvalue weighted by atomic mass is 16.6. The minimum absolute atomic E-state index is 0.272. The molecular formula is C17H18O3. The quantitative estimate of drug-likeness (QED) is 0.754. The fourth-order valence-electron chi connectivity index (χ4n) is 1.78. The summed E-state index contributed by atoms with van der Waals surface area (Å²) in [5.41, 5.74) is 1.66. The molecule has 3 nitrogen and oxygen atoms in total. The van der Waals surface area contributed by atoms with Gasteiger partial charge in [0.1, 0.15) is 6.10 Å². The molecule has 0 saturated carbocycles. The average Bonchev–Trinajstić information content (AvgIpc) is 2.49. The van der Waals surface area contributed by atoms with Crippen molar-refractivity contribution in [2.75, 3.05) is 6.61 Å². The van der Waals surface area contributed by atoms with E-state index in [2.05, 4.69) is 0 Å². The Labute approximate surface area is 119 Å². The van der Waals surface area contributed by atoms with Gasteiger partial charge in [-0.25, -0.2) is 4.79 Å². The Morgan fingerprint density at radius 2 is 1.60 bits per heavy atom. The number of rotatable bonds is 6. The Hall–Kier alpha value is -2.13. The fraction of sp³-hybridized carbons (Fsp3) is 0.235. The molecular weight excluding hydrogens is 252 g/mol. The number of carbonyl (C=O) groups excluding carboxylic acids is 1. The summed E-state index contributed by atoms with van der Waals surface area (Å²) in [6, 6.07) is 18.9. The number of hydrogen-bond donors (Lipinski definition) is 0. The van der Waals surface area contributed by atoms with Gasteiger partial charge in [0.15, 0.2) is 0 Å². The molecule has 0 radical (unpaired) electrons. The summed E-state index contributed by atoms with van der Waals surface area (Å²) in [7, 11) is 0. The van der Waals surface area contributed by atoms with Crippen molar-refractivity contribution in [3.63, 3.8) is 0 Å². The molecule has 0 N–H and O–H groups in total. The smallest absolute Gasteiger partial charge is 0.338 e. The van der Waals surface area contributed by atoms with E-state index in [-0.39, 0.29) is 12.1 Å². The highest BCUT2D eigenvalue weighted by molar-refractivity contribution is 5.89. The van der Waals surface area contributed by atoms with Gasteiger partial charge in [-0.2, -0.15) is 0 Å². The molecule has 2 aromatic carbocycles. The summed E-state index contributed by atoms with van der Waals surface area (Å²) < 4.78 is 10.9. The van der Waals surface area contributed by atoms with Gasteiger partial charge in [-0.15, -0.1) is 0 Å². The summed E-state index contributed by atoms with van der Waals surface area (Å²) in [6.07, 6.45) is -0.272. The van der Waals surface area contributed by atoms with Crippen LogP contribution < -0.4 is 0 Å². The summed E-state index contributed by atoms with van der Waals surface area (Å²) in [6.45, 7) is 2.73. The monoisotopic (exact) mass is 270 g/mol. The second-order valence-electron chi connectivity index (χ2n) is 4.58. The van der Waals surface area contributed by atoms with Crippen LogP contribution in [0, 0.1) is 0 Å². The van der Waals surface area contributed by atoms with Gasteiger partial charge in [0, 0.05) is 0 Å². The van der Waals surface area contributed by atoms with E-state index < -0.39 is 0 Å². The highest BCUT2D eigenvalue weighted by Crippen LogP contribution is 2.06. The predicted octanol–water partition coefficient (Wildman–Crippen LogP) is 3.45. The van der Waals surface area contributed by atoms with Gasteiger partial charge in [0.25, 0.3) is 0 Å². The molecule has 3 heteroatoms. The SMILES string of the molecule is CC(COCc1ccccc1)OC(=O)c1ccccc1. The zero-order valence-electron chi connectivity index (χ0n) is 11.5.